The van der Waals surface area contributed by atoms with E-state index in [0.29, 0.717) is 30.1 Å². The van der Waals surface area contributed by atoms with E-state index in [9.17, 15) is 27.6 Å². The van der Waals surface area contributed by atoms with Crippen molar-refractivity contribution in [3.05, 3.63) is 52.6 Å². The molecule has 12 heteroatoms. The van der Waals surface area contributed by atoms with Crippen LogP contribution in [0.3, 0.4) is 0 Å². The number of H-pyrrole nitrogens is 1. The Morgan fingerprint density at radius 3 is 2.66 bits per heavy atom. The number of hydrogen-bond donors (Lipinski definition) is 2. The lowest BCUT2D eigenvalue weighted by atomic mass is 10.1. The van der Waals surface area contributed by atoms with Crippen LogP contribution < -0.4 is 16.0 Å². The molecule has 4 rings (SSSR count). The number of halogens is 3. The van der Waals surface area contributed by atoms with Gasteiger partial charge in [-0.1, -0.05) is 0 Å². The maximum atomic E-state index is 12.7. The molecule has 2 N–H and O–H groups in total. The minimum atomic E-state index is -4.46. The molecule has 168 valence electrons. The van der Waals surface area contributed by atoms with Gasteiger partial charge in [0.25, 0.3) is 0 Å². The Hall–Kier alpha value is -3.83. The Balaban J connectivity index is 1.39. The molecule has 1 aliphatic rings. The summed E-state index contributed by atoms with van der Waals surface area (Å²) in [5, 5.41) is 2.49. The molecule has 1 saturated heterocycles. The number of pyridine rings is 1. The molecule has 1 aliphatic heterocycles. The van der Waals surface area contributed by atoms with Crippen LogP contribution in [-0.2, 0) is 15.8 Å². The number of amides is 2. The number of aromatic amines is 1. The minimum absolute atomic E-state index is 0.196. The Bertz CT molecular complexity index is 1220. The van der Waals surface area contributed by atoms with Crippen LogP contribution >= 0.6 is 0 Å². The topological polar surface area (TPSA) is 112 Å². The van der Waals surface area contributed by atoms with E-state index in [1.165, 1.54) is 23.1 Å². The number of fused-ring (bicyclic) bond motifs is 1. The molecule has 0 unspecified atom stereocenters. The number of benzene rings is 1. The van der Waals surface area contributed by atoms with E-state index in [1.54, 1.807) is 17.9 Å². The molecular weight excluding hydrogens is 431 g/mol. The standard InChI is InChI=1S/C20H18F3N5O4/c1-11-10-27(16-5-2-12(9-24-16)20(21,22)23)6-7-28(11)18(30)17(29)25-13-3-4-14-15(8-13)32-19(31)26-14/h2-5,8-9,11H,6-7,10H2,1H3,(H,25,29)(H,26,31)/t11-/m1/s1. The van der Waals surface area contributed by atoms with E-state index >= 15 is 0 Å². The van der Waals surface area contributed by atoms with Gasteiger partial charge in [-0.3, -0.25) is 14.6 Å². The molecule has 2 amide bonds. The van der Waals surface area contributed by atoms with Crippen molar-refractivity contribution in [2.45, 2.75) is 19.1 Å². The number of alkyl halides is 3. The summed E-state index contributed by atoms with van der Waals surface area (Å²) >= 11 is 0. The molecule has 3 heterocycles. The number of hydrogen-bond acceptors (Lipinski definition) is 6. The van der Waals surface area contributed by atoms with E-state index < -0.39 is 29.3 Å². The van der Waals surface area contributed by atoms with Gasteiger partial charge in [-0.2, -0.15) is 13.2 Å². The number of oxazole rings is 1. The fourth-order valence-electron chi connectivity index (χ4n) is 3.55. The van der Waals surface area contributed by atoms with Crippen LogP contribution in [0.25, 0.3) is 11.1 Å². The summed E-state index contributed by atoms with van der Waals surface area (Å²) < 4.78 is 43.1. The quantitative estimate of drug-likeness (QED) is 0.581. The number of aromatic nitrogens is 2. The minimum Gasteiger partial charge on any atom is -0.408 e. The van der Waals surface area contributed by atoms with Crippen molar-refractivity contribution in [1.29, 1.82) is 0 Å². The zero-order valence-corrected chi connectivity index (χ0v) is 16.8. The highest BCUT2D eigenvalue weighted by Gasteiger charge is 2.33. The fourth-order valence-corrected chi connectivity index (χ4v) is 3.55. The van der Waals surface area contributed by atoms with Crippen molar-refractivity contribution in [2.75, 3.05) is 29.9 Å². The lowest BCUT2D eigenvalue weighted by molar-refractivity contribution is -0.144. The predicted octanol–water partition coefficient (Wildman–Crippen LogP) is 2.21. The Kier molecular flexibility index (Phi) is 5.36. The normalized spacial score (nSPS) is 16.9. The molecule has 1 fully saturated rings. The highest BCUT2D eigenvalue weighted by molar-refractivity contribution is 6.39. The first kappa shape index (κ1) is 21.4. The van der Waals surface area contributed by atoms with E-state index in [2.05, 4.69) is 15.3 Å². The summed E-state index contributed by atoms with van der Waals surface area (Å²) in [6.07, 6.45) is -3.69. The molecule has 2 aromatic heterocycles. The van der Waals surface area contributed by atoms with Crippen LogP contribution in [0.5, 0.6) is 0 Å². The number of piperazine rings is 1. The van der Waals surface area contributed by atoms with Gasteiger partial charge in [-0.15, -0.1) is 0 Å². The molecule has 3 aromatic rings. The van der Waals surface area contributed by atoms with Crippen molar-refractivity contribution in [3.63, 3.8) is 0 Å². The van der Waals surface area contributed by atoms with Crippen molar-refractivity contribution in [2.24, 2.45) is 0 Å². The molecule has 0 radical (unpaired) electrons. The van der Waals surface area contributed by atoms with Gasteiger partial charge < -0.3 is 19.5 Å². The van der Waals surface area contributed by atoms with Crippen molar-refractivity contribution in [1.82, 2.24) is 14.9 Å². The molecule has 0 saturated carbocycles. The van der Waals surface area contributed by atoms with E-state index in [0.717, 1.165) is 12.3 Å². The molecule has 1 atom stereocenters. The van der Waals surface area contributed by atoms with Gasteiger partial charge in [0.05, 0.1) is 11.1 Å². The number of carbonyl (C=O) groups is 2. The van der Waals surface area contributed by atoms with Gasteiger partial charge in [0.2, 0.25) is 0 Å². The van der Waals surface area contributed by atoms with Gasteiger partial charge >= 0.3 is 23.7 Å². The zero-order chi connectivity index (χ0) is 23.0. The van der Waals surface area contributed by atoms with E-state index in [-0.39, 0.29) is 18.2 Å². The van der Waals surface area contributed by atoms with Crippen LogP contribution in [0.1, 0.15) is 12.5 Å². The van der Waals surface area contributed by atoms with Gasteiger partial charge in [-0.25, -0.2) is 9.78 Å². The summed E-state index contributed by atoms with van der Waals surface area (Å²) in [6.45, 7) is 2.55. The summed E-state index contributed by atoms with van der Waals surface area (Å²) in [5.74, 6) is -1.86. The van der Waals surface area contributed by atoms with Gasteiger partial charge in [0.15, 0.2) is 5.58 Å². The maximum absolute atomic E-state index is 12.7. The van der Waals surface area contributed by atoms with Crippen molar-refractivity contribution < 1.29 is 27.2 Å². The van der Waals surface area contributed by atoms with Gasteiger partial charge in [0, 0.05) is 43.6 Å². The van der Waals surface area contributed by atoms with E-state index in [4.69, 9.17) is 4.42 Å². The molecule has 9 nitrogen and oxygen atoms in total. The molecule has 0 aliphatic carbocycles. The first-order valence-corrected chi connectivity index (χ1v) is 9.65. The van der Waals surface area contributed by atoms with Crippen molar-refractivity contribution >= 4 is 34.4 Å². The SMILES string of the molecule is C[C@@H]1CN(c2ccc(C(F)(F)F)cn2)CCN1C(=O)C(=O)Nc1ccc2[nH]c(=O)oc2c1. The van der Waals surface area contributed by atoms with Crippen LogP contribution in [0, 0.1) is 0 Å². The third-order valence-electron chi connectivity index (χ3n) is 5.16. The number of rotatable bonds is 2. The first-order valence-electron chi connectivity index (χ1n) is 9.65. The lowest BCUT2D eigenvalue weighted by Gasteiger charge is -2.40. The predicted molar refractivity (Wildman–Crippen MR) is 108 cm³/mol. The maximum Gasteiger partial charge on any atom is 0.417 e. The summed E-state index contributed by atoms with van der Waals surface area (Å²) in [6, 6.07) is 6.36. The second-order valence-electron chi connectivity index (χ2n) is 7.38. The summed E-state index contributed by atoms with van der Waals surface area (Å²) in [7, 11) is 0. The van der Waals surface area contributed by atoms with Gasteiger partial charge in [-0.05, 0) is 31.2 Å². The average Bonchev–Trinajstić information content (AvgIpc) is 3.12. The molecule has 0 spiro atoms. The highest BCUT2D eigenvalue weighted by atomic mass is 19.4. The second kappa shape index (κ2) is 8.02. The fraction of sp³-hybridized carbons (Fsp3) is 0.300. The largest absolute Gasteiger partial charge is 0.417 e. The summed E-state index contributed by atoms with van der Waals surface area (Å²) in [4.78, 5) is 45.8. The van der Waals surface area contributed by atoms with Crippen LogP contribution in [0.2, 0.25) is 0 Å². The summed E-state index contributed by atoms with van der Waals surface area (Å²) in [5.41, 5.74) is 0.156. The number of nitrogens with zero attached hydrogens (tertiary/aromatic N) is 3. The van der Waals surface area contributed by atoms with Crippen molar-refractivity contribution in [3.8, 4) is 0 Å². The van der Waals surface area contributed by atoms with Crippen LogP contribution in [0.15, 0.2) is 45.7 Å². The highest BCUT2D eigenvalue weighted by Crippen LogP contribution is 2.29. The Morgan fingerprint density at radius 1 is 1.22 bits per heavy atom. The monoisotopic (exact) mass is 449 g/mol. The smallest absolute Gasteiger partial charge is 0.408 e. The van der Waals surface area contributed by atoms with E-state index in [1.807, 2.05) is 0 Å². The first-order chi connectivity index (χ1) is 15.1. The zero-order valence-electron chi connectivity index (χ0n) is 16.8. The average molecular weight is 449 g/mol. The second-order valence-corrected chi connectivity index (χ2v) is 7.38. The number of nitrogens with one attached hydrogen (secondary N) is 2. The number of carbonyl (C=O) groups excluding carboxylic acids is 2. The van der Waals surface area contributed by atoms with Crippen LogP contribution in [-0.4, -0.2) is 52.4 Å². The third kappa shape index (κ3) is 4.29. The molecule has 32 heavy (non-hydrogen) atoms. The Labute approximate surface area is 178 Å². The van der Waals surface area contributed by atoms with Gasteiger partial charge in [0.1, 0.15) is 5.82 Å². The molecule has 1 aromatic carbocycles. The van der Waals surface area contributed by atoms with Crippen LogP contribution in [0.4, 0.5) is 24.7 Å². The molecule has 0 bridgehead atoms. The molecular formula is C20H18F3N5O4. The Morgan fingerprint density at radius 2 is 2.00 bits per heavy atom. The third-order valence-corrected chi connectivity index (χ3v) is 5.16. The lowest BCUT2D eigenvalue weighted by Crippen LogP contribution is -2.56. The number of anilines is 2.